The van der Waals surface area contributed by atoms with Crippen molar-refractivity contribution >= 4 is 5.91 Å². The number of carbonyl (C=O) groups is 1. The van der Waals surface area contributed by atoms with Crippen molar-refractivity contribution in [3.05, 3.63) is 0 Å². The normalized spacial score (nSPS) is 23.2. The molecule has 0 aliphatic carbocycles. The lowest BCUT2D eigenvalue weighted by Gasteiger charge is -2.30. The van der Waals surface area contributed by atoms with Crippen molar-refractivity contribution in [2.24, 2.45) is 0 Å². The minimum absolute atomic E-state index is 0.0845. The van der Waals surface area contributed by atoms with Crippen LogP contribution in [0.25, 0.3) is 0 Å². The van der Waals surface area contributed by atoms with Crippen LogP contribution >= 0.6 is 0 Å². The van der Waals surface area contributed by atoms with E-state index in [0.29, 0.717) is 13.0 Å². The smallest absolute Gasteiger partial charge is 0.224 e. The molecule has 3 nitrogen and oxygen atoms in total. The maximum absolute atomic E-state index is 11.0. The Kier molecular flexibility index (Phi) is 5.72. The van der Waals surface area contributed by atoms with Crippen LogP contribution in [0.3, 0.4) is 0 Å². The average molecular weight is 173 g/mol. The lowest BCUT2D eigenvalue weighted by Crippen LogP contribution is -2.43. The van der Waals surface area contributed by atoms with Crippen molar-refractivity contribution in [2.45, 2.75) is 46.3 Å². The molecule has 1 heterocycles. The zero-order valence-corrected chi connectivity index (χ0v) is 8.21. The molecule has 1 atom stereocenters. The highest BCUT2D eigenvalue weighted by Crippen LogP contribution is 2.14. The van der Waals surface area contributed by atoms with Gasteiger partial charge >= 0.3 is 0 Å². The first kappa shape index (κ1) is 11.4. The van der Waals surface area contributed by atoms with E-state index in [0.717, 1.165) is 12.8 Å². The topological polar surface area (TPSA) is 40.5 Å². The van der Waals surface area contributed by atoms with Gasteiger partial charge in [-0.05, 0) is 19.8 Å². The molecule has 0 aromatic heterocycles. The number of aliphatic hydroxyl groups is 1. The third-order valence-corrected chi connectivity index (χ3v) is 1.87. The molecule has 1 fully saturated rings. The highest BCUT2D eigenvalue weighted by Gasteiger charge is 2.23. The molecule has 0 radical (unpaired) electrons. The monoisotopic (exact) mass is 173 g/mol. The van der Waals surface area contributed by atoms with Crippen molar-refractivity contribution < 1.29 is 9.90 Å². The molecule has 1 aliphatic heterocycles. The van der Waals surface area contributed by atoms with Crippen LogP contribution in [0.15, 0.2) is 0 Å². The summed E-state index contributed by atoms with van der Waals surface area (Å²) >= 11 is 0. The number of hydrogen-bond acceptors (Lipinski definition) is 2. The van der Waals surface area contributed by atoms with Gasteiger partial charge in [0.05, 0.1) is 0 Å². The second-order valence-electron chi connectivity index (χ2n) is 2.55. The summed E-state index contributed by atoms with van der Waals surface area (Å²) in [5.41, 5.74) is 0. The van der Waals surface area contributed by atoms with Crippen LogP contribution in [0.2, 0.25) is 0 Å². The first-order chi connectivity index (χ1) is 5.75. The number of nitrogens with zero attached hydrogens (tertiary/aromatic N) is 1. The van der Waals surface area contributed by atoms with Crippen molar-refractivity contribution in [1.82, 2.24) is 4.90 Å². The van der Waals surface area contributed by atoms with Crippen LogP contribution in [0.5, 0.6) is 0 Å². The average Bonchev–Trinajstić information content (AvgIpc) is 2.08. The lowest BCUT2D eigenvalue weighted by atomic mass is 10.1. The SMILES string of the molecule is CC.CCN1C(=O)CCCC1O. The molecule has 1 saturated heterocycles. The minimum atomic E-state index is -0.522. The molecule has 0 aromatic rings. The van der Waals surface area contributed by atoms with Gasteiger partial charge in [0.15, 0.2) is 0 Å². The number of amides is 1. The second-order valence-corrected chi connectivity index (χ2v) is 2.55. The molecular weight excluding hydrogens is 154 g/mol. The van der Waals surface area contributed by atoms with Gasteiger partial charge in [-0.15, -0.1) is 0 Å². The molecule has 1 unspecified atom stereocenters. The van der Waals surface area contributed by atoms with Crippen molar-refractivity contribution in [2.75, 3.05) is 6.54 Å². The summed E-state index contributed by atoms with van der Waals surface area (Å²) in [6, 6.07) is 0. The van der Waals surface area contributed by atoms with E-state index in [1.165, 1.54) is 4.90 Å². The Morgan fingerprint density at radius 1 is 1.58 bits per heavy atom. The van der Waals surface area contributed by atoms with Crippen LogP contribution in [0.1, 0.15) is 40.0 Å². The zero-order chi connectivity index (χ0) is 9.56. The second kappa shape index (κ2) is 6.00. The third-order valence-electron chi connectivity index (χ3n) is 1.87. The third kappa shape index (κ3) is 2.81. The molecule has 72 valence electrons. The highest BCUT2D eigenvalue weighted by atomic mass is 16.3. The zero-order valence-electron chi connectivity index (χ0n) is 8.21. The van der Waals surface area contributed by atoms with Gasteiger partial charge in [-0.25, -0.2) is 0 Å². The van der Waals surface area contributed by atoms with Crippen LogP contribution in [0.4, 0.5) is 0 Å². The number of likely N-dealkylation sites (tertiary alicyclic amines) is 1. The molecule has 0 saturated carbocycles. The van der Waals surface area contributed by atoms with Crippen molar-refractivity contribution in [3.63, 3.8) is 0 Å². The Morgan fingerprint density at radius 3 is 2.50 bits per heavy atom. The summed E-state index contributed by atoms with van der Waals surface area (Å²) in [7, 11) is 0. The first-order valence-corrected chi connectivity index (χ1v) is 4.73. The molecule has 0 spiro atoms. The molecule has 1 N–H and O–H groups in total. The van der Waals surface area contributed by atoms with E-state index >= 15 is 0 Å². The summed E-state index contributed by atoms with van der Waals surface area (Å²) < 4.78 is 0. The van der Waals surface area contributed by atoms with E-state index in [1.807, 2.05) is 20.8 Å². The molecule has 1 amide bonds. The van der Waals surface area contributed by atoms with Crippen LogP contribution in [-0.2, 0) is 4.79 Å². The Bertz CT molecular complexity index is 136. The maximum Gasteiger partial charge on any atom is 0.224 e. The Labute approximate surface area is 74.4 Å². The predicted octanol–water partition coefficient (Wildman–Crippen LogP) is 1.36. The lowest BCUT2D eigenvalue weighted by molar-refractivity contribution is -0.145. The van der Waals surface area contributed by atoms with E-state index < -0.39 is 6.23 Å². The van der Waals surface area contributed by atoms with Gasteiger partial charge in [0.1, 0.15) is 6.23 Å². The molecular formula is C9H19NO2. The first-order valence-electron chi connectivity index (χ1n) is 4.73. The summed E-state index contributed by atoms with van der Waals surface area (Å²) in [5, 5.41) is 9.24. The molecule has 1 rings (SSSR count). The molecule has 0 aromatic carbocycles. The molecule has 3 heteroatoms. The molecule has 12 heavy (non-hydrogen) atoms. The van der Waals surface area contributed by atoms with E-state index in [-0.39, 0.29) is 5.91 Å². The number of carbonyl (C=O) groups excluding carboxylic acids is 1. The van der Waals surface area contributed by atoms with E-state index in [4.69, 9.17) is 0 Å². The van der Waals surface area contributed by atoms with E-state index in [2.05, 4.69) is 0 Å². The van der Waals surface area contributed by atoms with Gasteiger partial charge < -0.3 is 10.0 Å². The van der Waals surface area contributed by atoms with Gasteiger partial charge in [-0.2, -0.15) is 0 Å². The number of rotatable bonds is 1. The largest absolute Gasteiger partial charge is 0.374 e. The van der Waals surface area contributed by atoms with Crippen LogP contribution in [0, 0.1) is 0 Å². The fraction of sp³-hybridized carbons (Fsp3) is 0.889. The quantitative estimate of drug-likeness (QED) is 0.650. The summed E-state index contributed by atoms with van der Waals surface area (Å²) in [4.78, 5) is 12.5. The fourth-order valence-corrected chi connectivity index (χ4v) is 1.29. The maximum atomic E-state index is 11.0. The summed E-state index contributed by atoms with van der Waals surface area (Å²) in [6.07, 6.45) is 1.65. The summed E-state index contributed by atoms with van der Waals surface area (Å²) in [5.74, 6) is 0.0845. The Hall–Kier alpha value is -0.570. The van der Waals surface area contributed by atoms with E-state index in [9.17, 15) is 9.90 Å². The number of hydrogen-bond donors (Lipinski definition) is 1. The van der Waals surface area contributed by atoms with Crippen LogP contribution in [-0.4, -0.2) is 28.7 Å². The number of aliphatic hydroxyl groups excluding tert-OH is 1. The summed E-state index contributed by atoms with van der Waals surface area (Å²) in [6.45, 7) is 6.51. The molecule has 1 aliphatic rings. The minimum Gasteiger partial charge on any atom is -0.374 e. The van der Waals surface area contributed by atoms with Gasteiger partial charge in [0.25, 0.3) is 0 Å². The van der Waals surface area contributed by atoms with Gasteiger partial charge in [-0.3, -0.25) is 4.79 Å². The Balaban J connectivity index is 0.000000561. The fourth-order valence-electron chi connectivity index (χ4n) is 1.29. The molecule has 0 bridgehead atoms. The number of piperidine rings is 1. The highest BCUT2D eigenvalue weighted by molar-refractivity contribution is 5.76. The van der Waals surface area contributed by atoms with Gasteiger partial charge in [-0.1, -0.05) is 13.8 Å². The predicted molar refractivity (Wildman–Crippen MR) is 48.6 cm³/mol. The van der Waals surface area contributed by atoms with Crippen molar-refractivity contribution in [3.8, 4) is 0 Å². The van der Waals surface area contributed by atoms with Crippen LogP contribution < -0.4 is 0 Å². The van der Waals surface area contributed by atoms with Gasteiger partial charge in [0.2, 0.25) is 5.91 Å². The standard InChI is InChI=1S/C7H13NO2.C2H6/c1-2-8-6(9)4-3-5-7(8)10;1-2/h6,9H,2-5H2,1H3;1-2H3. The van der Waals surface area contributed by atoms with Gasteiger partial charge in [0, 0.05) is 13.0 Å². The van der Waals surface area contributed by atoms with Crippen molar-refractivity contribution in [1.29, 1.82) is 0 Å². The van der Waals surface area contributed by atoms with E-state index in [1.54, 1.807) is 0 Å². The Morgan fingerprint density at radius 2 is 2.17 bits per heavy atom.